The topological polar surface area (TPSA) is 25.8 Å². The van der Waals surface area contributed by atoms with Gasteiger partial charge < -0.3 is 0 Å². The Morgan fingerprint density at radius 3 is 3.00 bits per heavy atom. The summed E-state index contributed by atoms with van der Waals surface area (Å²) in [6.07, 6.45) is 1.71. The van der Waals surface area contributed by atoms with Gasteiger partial charge in [0.1, 0.15) is 5.52 Å². The van der Waals surface area contributed by atoms with Gasteiger partial charge in [0.15, 0.2) is 5.15 Å². The van der Waals surface area contributed by atoms with E-state index >= 15 is 0 Å². The van der Waals surface area contributed by atoms with Gasteiger partial charge in [0, 0.05) is 16.1 Å². The molecule has 13 heavy (non-hydrogen) atoms. The second-order valence-electron chi connectivity index (χ2n) is 2.70. The van der Waals surface area contributed by atoms with Crippen molar-refractivity contribution in [1.29, 1.82) is 0 Å². The quantitative estimate of drug-likeness (QED) is 0.676. The van der Waals surface area contributed by atoms with Crippen LogP contribution in [0.25, 0.3) is 10.9 Å². The fourth-order valence-electron chi connectivity index (χ4n) is 1.19. The SMILES string of the molecule is Cc1nc(Cl)c2ncccc2c1Br. The maximum atomic E-state index is 5.94. The molecule has 0 aliphatic rings. The number of halogens is 2. The molecule has 0 N–H and O–H groups in total. The molecule has 0 amide bonds. The zero-order chi connectivity index (χ0) is 9.42. The molecule has 2 nitrogen and oxygen atoms in total. The van der Waals surface area contributed by atoms with Crippen LogP contribution in [-0.4, -0.2) is 9.97 Å². The number of pyridine rings is 2. The third-order valence-corrected chi connectivity index (χ3v) is 3.09. The molecule has 0 saturated carbocycles. The number of aromatic nitrogens is 2. The molecule has 0 aromatic carbocycles. The first kappa shape index (κ1) is 8.91. The van der Waals surface area contributed by atoms with Crippen LogP contribution in [0.2, 0.25) is 5.15 Å². The van der Waals surface area contributed by atoms with Gasteiger partial charge in [-0.3, -0.25) is 4.98 Å². The van der Waals surface area contributed by atoms with Crippen LogP contribution in [0.5, 0.6) is 0 Å². The minimum Gasteiger partial charge on any atom is -0.253 e. The maximum absolute atomic E-state index is 5.94. The number of nitrogens with zero attached hydrogens (tertiary/aromatic N) is 2. The van der Waals surface area contributed by atoms with Crippen molar-refractivity contribution >= 4 is 38.4 Å². The molecule has 0 spiro atoms. The summed E-state index contributed by atoms with van der Waals surface area (Å²) >= 11 is 9.39. The number of hydrogen-bond donors (Lipinski definition) is 0. The zero-order valence-electron chi connectivity index (χ0n) is 6.88. The lowest BCUT2D eigenvalue weighted by Gasteiger charge is -2.03. The van der Waals surface area contributed by atoms with Crippen LogP contribution in [0, 0.1) is 6.92 Å². The number of hydrogen-bond acceptors (Lipinski definition) is 2. The highest BCUT2D eigenvalue weighted by Crippen LogP contribution is 2.28. The highest BCUT2D eigenvalue weighted by Gasteiger charge is 2.07. The molecule has 2 aromatic rings. The first-order valence-electron chi connectivity index (χ1n) is 3.76. The molecule has 0 atom stereocenters. The van der Waals surface area contributed by atoms with Crippen molar-refractivity contribution in [2.24, 2.45) is 0 Å². The van der Waals surface area contributed by atoms with Gasteiger partial charge in [0.25, 0.3) is 0 Å². The third-order valence-electron chi connectivity index (χ3n) is 1.82. The zero-order valence-corrected chi connectivity index (χ0v) is 9.22. The Morgan fingerprint density at radius 1 is 1.46 bits per heavy atom. The lowest BCUT2D eigenvalue weighted by atomic mass is 10.2. The second-order valence-corrected chi connectivity index (χ2v) is 3.85. The summed E-state index contributed by atoms with van der Waals surface area (Å²) in [6.45, 7) is 1.91. The van der Waals surface area contributed by atoms with Crippen LogP contribution in [0.1, 0.15) is 5.69 Å². The molecule has 66 valence electrons. The van der Waals surface area contributed by atoms with E-state index in [0.717, 1.165) is 21.1 Å². The van der Waals surface area contributed by atoms with Gasteiger partial charge in [0.05, 0.1) is 5.69 Å². The van der Waals surface area contributed by atoms with E-state index < -0.39 is 0 Å². The highest BCUT2D eigenvalue weighted by atomic mass is 79.9. The Labute approximate surface area is 89.1 Å². The summed E-state index contributed by atoms with van der Waals surface area (Å²) in [4.78, 5) is 8.32. The van der Waals surface area contributed by atoms with Crippen molar-refractivity contribution in [1.82, 2.24) is 9.97 Å². The molecule has 2 heterocycles. The van der Waals surface area contributed by atoms with E-state index in [1.807, 2.05) is 19.1 Å². The Kier molecular flexibility index (Phi) is 2.22. The molecule has 0 fully saturated rings. The van der Waals surface area contributed by atoms with Crippen LogP contribution in [-0.2, 0) is 0 Å². The standard InChI is InChI=1S/C9H6BrClN2/c1-5-7(10)6-3-2-4-12-8(6)9(11)13-5/h2-4H,1H3. The van der Waals surface area contributed by atoms with E-state index in [-0.39, 0.29) is 0 Å². The van der Waals surface area contributed by atoms with E-state index in [1.54, 1.807) is 6.20 Å². The Balaban J connectivity index is 2.97. The molecule has 0 bridgehead atoms. The monoisotopic (exact) mass is 256 g/mol. The van der Waals surface area contributed by atoms with Gasteiger partial charge in [-0.05, 0) is 35.0 Å². The first-order chi connectivity index (χ1) is 6.20. The summed E-state index contributed by atoms with van der Waals surface area (Å²) in [5, 5.41) is 1.45. The van der Waals surface area contributed by atoms with Gasteiger partial charge in [-0.1, -0.05) is 11.6 Å². The summed E-state index contributed by atoms with van der Waals surface area (Å²) in [5.74, 6) is 0. The maximum Gasteiger partial charge on any atom is 0.155 e. The normalized spacial score (nSPS) is 10.7. The van der Waals surface area contributed by atoms with Crippen molar-refractivity contribution in [2.45, 2.75) is 6.92 Å². The van der Waals surface area contributed by atoms with E-state index in [2.05, 4.69) is 25.9 Å². The molecule has 2 aromatic heterocycles. The van der Waals surface area contributed by atoms with Crippen LogP contribution in [0.4, 0.5) is 0 Å². The van der Waals surface area contributed by atoms with Crippen LogP contribution in [0.3, 0.4) is 0 Å². The van der Waals surface area contributed by atoms with Crippen molar-refractivity contribution in [3.8, 4) is 0 Å². The minimum atomic E-state index is 0.455. The van der Waals surface area contributed by atoms with Crippen molar-refractivity contribution < 1.29 is 0 Å². The largest absolute Gasteiger partial charge is 0.253 e. The molecule has 2 rings (SSSR count). The molecule has 0 aliphatic carbocycles. The second kappa shape index (κ2) is 3.24. The van der Waals surface area contributed by atoms with Crippen molar-refractivity contribution in [2.75, 3.05) is 0 Å². The van der Waals surface area contributed by atoms with Gasteiger partial charge >= 0.3 is 0 Å². The van der Waals surface area contributed by atoms with Gasteiger partial charge in [-0.25, -0.2) is 4.98 Å². The van der Waals surface area contributed by atoms with Crippen molar-refractivity contribution in [3.05, 3.63) is 33.6 Å². The molecule has 0 saturated heterocycles. The fourth-order valence-corrected chi connectivity index (χ4v) is 1.88. The molecular weight excluding hydrogens is 251 g/mol. The van der Waals surface area contributed by atoms with Gasteiger partial charge in [0.2, 0.25) is 0 Å². The lowest BCUT2D eigenvalue weighted by Crippen LogP contribution is -1.89. The summed E-state index contributed by atoms with van der Waals surface area (Å²) in [7, 11) is 0. The van der Waals surface area contributed by atoms with Gasteiger partial charge in [-0.15, -0.1) is 0 Å². The predicted octanol–water partition coefficient (Wildman–Crippen LogP) is 3.35. The first-order valence-corrected chi connectivity index (χ1v) is 4.93. The van der Waals surface area contributed by atoms with E-state index in [1.165, 1.54) is 0 Å². The molecule has 0 unspecified atom stereocenters. The fraction of sp³-hybridized carbons (Fsp3) is 0.111. The summed E-state index contributed by atoms with van der Waals surface area (Å²) in [5.41, 5.74) is 1.62. The Morgan fingerprint density at radius 2 is 2.23 bits per heavy atom. The molecule has 4 heteroatoms. The Bertz CT molecular complexity index is 470. The summed E-state index contributed by atoms with van der Waals surface area (Å²) in [6, 6.07) is 3.84. The average molecular weight is 258 g/mol. The molecular formula is C9H6BrClN2. The molecule has 0 aliphatic heterocycles. The lowest BCUT2D eigenvalue weighted by molar-refractivity contribution is 1.19. The molecule has 0 radical (unpaired) electrons. The predicted molar refractivity (Wildman–Crippen MR) is 57.0 cm³/mol. The minimum absolute atomic E-state index is 0.455. The summed E-state index contributed by atoms with van der Waals surface area (Å²) < 4.78 is 0.958. The number of rotatable bonds is 0. The third kappa shape index (κ3) is 1.42. The average Bonchev–Trinajstić information content (AvgIpc) is 2.15. The number of aryl methyl sites for hydroxylation is 1. The van der Waals surface area contributed by atoms with Gasteiger partial charge in [-0.2, -0.15) is 0 Å². The Hall–Kier alpha value is -0.670. The van der Waals surface area contributed by atoms with Crippen LogP contribution in [0.15, 0.2) is 22.8 Å². The van der Waals surface area contributed by atoms with Crippen LogP contribution >= 0.6 is 27.5 Å². The van der Waals surface area contributed by atoms with E-state index in [0.29, 0.717) is 5.15 Å². The van der Waals surface area contributed by atoms with Crippen molar-refractivity contribution in [3.63, 3.8) is 0 Å². The highest BCUT2D eigenvalue weighted by molar-refractivity contribution is 9.10. The van der Waals surface area contributed by atoms with Crippen LogP contribution < -0.4 is 0 Å². The smallest absolute Gasteiger partial charge is 0.155 e. The van der Waals surface area contributed by atoms with E-state index in [9.17, 15) is 0 Å². The number of fused-ring (bicyclic) bond motifs is 1. The van der Waals surface area contributed by atoms with E-state index in [4.69, 9.17) is 11.6 Å².